The Morgan fingerprint density at radius 1 is 1.11 bits per heavy atom. The Kier molecular flexibility index (Phi) is 8.04. The van der Waals surface area contributed by atoms with Crippen LogP contribution in [0.2, 0.25) is 0 Å². The summed E-state index contributed by atoms with van der Waals surface area (Å²) in [4.78, 5) is 20.7. The number of rotatable bonds is 6. The van der Waals surface area contributed by atoms with E-state index in [9.17, 15) is 9.18 Å². The molecule has 1 saturated heterocycles. The van der Waals surface area contributed by atoms with Gasteiger partial charge in [-0.05, 0) is 45.0 Å². The molecule has 0 bridgehead atoms. The molecule has 0 atom stereocenters. The van der Waals surface area contributed by atoms with Crippen molar-refractivity contribution in [2.24, 2.45) is 4.99 Å². The fourth-order valence-electron chi connectivity index (χ4n) is 3.06. The Labute approximate surface area is 167 Å². The maximum atomic E-state index is 13.1. The van der Waals surface area contributed by atoms with Gasteiger partial charge in [0, 0.05) is 57.5 Å². The average Bonchev–Trinajstić information content (AvgIpc) is 2.64. The number of carbonyl (C=O) groups is 1. The standard InChI is InChI=1S/C20H33FN6O/c1-20(2,3)25-18(28)15-24-19(22-4)23-9-10-26-11-13-27(14-12-26)17-7-5-16(21)6-8-17/h5-8H,9-15H2,1-4H3,(H,25,28)(H2,22,23,24). The molecule has 1 aliphatic heterocycles. The van der Waals surface area contributed by atoms with E-state index in [1.54, 1.807) is 7.05 Å². The number of guanidine groups is 1. The van der Waals surface area contributed by atoms with Crippen molar-refractivity contribution in [2.45, 2.75) is 26.3 Å². The lowest BCUT2D eigenvalue weighted by atomic mass is 10.1. The van der Waals surface area contributed by atoms with Crippen molar-refractivity contribution in [3.63, 3.8) is 0 Å². The number of amides is 1. The summed E-state index contributed by atoms with van der Waals surface area (Å²) < 4.78 is 13.1. The van der Waals surface area contributed by atoms with Gasteiger partial charge >= 0.3 is 0 Å². The number of piperazine rings is 1. The highest BCUT2D eigenvalue weighted by atomic mass is 19.1. The maximum Gasteiger partial charge on any atom is 0.239 e. The second-order valence-corrected chi connectivity index (χ2v) is 7.96. The molecule has 0 aromatic heterocycles. The van der Waals surface area contributed by atoms with E-state index in [1.807, 2.05) is 32.9 Å². The topological polar surface area (TPSA) is 72.0 Å². The Morgan fingerprint density at radius 3 is 2.32 bits per heavy atom. The molecule has 2 rings (SSSR count). The smallest absolute Gasteiger partial charge is 0.239 e. The number of aliphatic imine (C=N–C) groups is 1. The molecule has 0 spiro atoms. The second-order valence-electron chi connectivity index (χ2n) is 7.96. The number of benzene rings is 1. The number of carbonyl (C=O) groups excluding carboxylic acids is 1. The molecular formula is C20H33FN6O. The normalized spacial score (nSPS) is 16.0. The van der Waals surface area contributed by atoms with E-state index in [4.69, 9.17) is 0 Å². The van der Waals surface area contributed by atoms with Crippen molar-refractivity contribution in [3.05, 3.63) is 30.1 Å². The third kappa shape index (κ3) is 7.72. The van der Waals surface area contributed by atoms with Crippen LogP contribution in [0.25, 0.3) is 0 Å². The van der Waals surface area contributed by atoms with Gasteiger partial charge in [-0.1, -0.05) is 0 Å². The number of hydrogen-bond donors (Lipinski definition) is 3. The predicted molar refractivity (Wildman–Crippen MR) is 112 cm³/mol. The fraction of sp³-hybridized carbons (Fsp3) is 0.600. The third-order valence-corrected chi connectivity index (χ3v) is 4.44. The zero-order valence-electron chi connectivity index (χ0n) is 17.4. The first-order chi connectivity index (χ1) is 13.3. The lowest BCUT2D eigenvalue weighted by Crippen LogP contribution is -2.50. The zero-order valence-corrected chi connectivity index (χ0v) is 17.4. The molecule has 1 amide bonds. The highest BCUT2D eigenvalue weighted by molar-refractivity contribution is 5.86. The van der Waals surface area contributed by atoms with Gasteiger partial charge in [-0.2, -0.15) is 0 Å². The molecule has 28 heavy (non-hydrogen) atoms. The number of halogens is 1. The molecular weight excluding hydrogens is 359 g/mol. The van der Waals surface area contributed by atoms with Crippen molar-refractivity contribution >= 4 is 17.6 Å². The monoisotopic (exact) mass is 392 g/mol. The number of hydrogen-bond acceptors (Lipinski definition) is 4. The number of anilines is 1. The summed E-state index contributed by atoms with van der Waals surface area (Å²) in [6, 6.07) is 6.67. The molecule has 0 radical (unpaired) electrons. The number of nitrogens with zero attached hydrogens (tertiary/aromatic N) is 3. The quantitative estimate of drug-likeness (QED) is 0.498. The van der Waals surface area contributed by atoms with Crippen molar-refractivity contribution in [1.82, 2.24) is 20.9 Å². The van der Waals surface area contributed by atoms with E-state index < -0.39 is 0 Å². The molecule has 0 unspecified atom stereocenters. The highest BCUT2D eigenvalue weighted by Crippen LogP contribution is 2.16. The van der Waals surface area contributed by atoms with Crippen LogP contribution in [0.5, 0.6) is 0 Å². The van der Waals surface area contributed by atoms with E-state index >= 15 is 0 Å². The van der Waals surface area contributed by atoms with Crippen molar-refractivity contribution < 1.29 is 9.18 Å². The Bertz CT molecular complexity index is 648. The maximum absolute atomic E-state index is 13.1. The SMILES string of the molecule is CN=C(NCCN1CCN(c2ccc(F)cc2)CC1)NCC(=O)NC(C)(C)C. The van der Waals surface area contributed by atoms with Gasteiger partial charge in [0.05, 0.1) is 6.54 Å². The van der Waals surface area contributed by atoms with Crippen LogP contribution in [0.3, 0.4) is 0 Å². The van der Waals surface area contributed by atoms with E-state index in [2.05, 4.69) is 30.7 Å². The molecule has 7 nitrogen and oxygen atoms in total. The van der Waals surface area contributed by atoms with Crippen LogP contribution < -0.4 is 20.9 Å². The Balaban J connectivity index is 1.65. The molecule has 3 N–H and O–H groups in total. The highest BCUT2D eigenvalue weighted by Gasteiger charge is 2.17. The first-order valence-electron chi connectivity index (χ1n) is 9.75. The second kappa shape index (κ2) is 10.3. The summed E-state index contributed by atoms with van der Waals surface area (Å²) >= 11 is 0. The first kappa shape index (κ1) is 21.9. The molecule has 0 saturated carbocycles. The summed E-state index contributed by atoms with van der Waals surface area (Å²) in [5.74, 6) is 0.354. The van der Waals surface area contributed by atoms with Gasteiger partial charge in [0.2, 0.25) is 5.91 Å². The van der Waals surface area contributed by atoms with Crippen molar-refractivity contribution in [1.29, 1.82) is 0 Å². The third-order valence-electron chi connectivity index (χ3n) is 4.44. The lowest BCUT2D eigenvalue weighted by molar-refractivity contribution is -0.121. The molecule has 1 fully saturated rings. The van der Waals surface area contributed by atoms with Gasteiger partial charge < -0.3 is 20.9 Å². The van der Waals surface area contributed by atoms with Crippen LogP contribution in [-0.2, 0) is 4.79 Å². The minimum atomic E-state index is -0.244. The molecule has 156 valence electrons. The van der Waals surface area contributed by atoms with E-state index in [1.165, 1.54) is 12.1 Å². The average molecular weight is 393 g/mol. The first-order valence-corrected chi connectivity index (χ1v) is 9.75. The molecule has 0 aliphatic carbocycles. The molecule has 1 aliphatic rings. The Hall–Kier alpha value is -2.35. The summed E-state index contributed by atoms with van der Waals surface area (Å²) in [6.45, 7) is 11.4. The van der Waals surface area contributed by atoms with Gasteiger partial charge in [0.25, 0.3) is 0 Å². The lowest BCUT2D eigenvalue weighted by Gasteiger charge is -2.36. The van der Waals surface area contributed by atoms with E-state index in [0.29, 0.717) is 5.96 Å². The summed E-state index contributed by atoms with van der Waals surface area (Å²) in [5.41, 5.74) is 0.823. The molecule has 1 heterocycles. The van der Waals surface area contributed by atoms with Crippen LogP contribution >= 0.6 is 0 Å². The van der Waals surface area contributed by atoms with Gasteiger partial charge in [-0.15, -0.1) is 0 Å². The van der Waals surface area contributed by atoms with Crippen LogP contribution in [0.15, 0.2) is 29.3 Å². The van der Waals surface area contributed by atoms with Crippen LogP contribution in [0, 0.1) is 5.82 Å². The summed E-state index contributed by atoms with van der Waals surface area (Å²) in [6.07, 6.45) is 0. The van der Waals surface area contributed by atoms with Gasteiger partial charge in [-0.25, -0.2) is 4.39 Å². The predicted octanol–water partition coefficient (Wildman–Crippen LogP) is 1.03. The fourth-order valence-corrected chi connectivity index (χ4v) is 3.06. The van der Waals surface area contributed by atoms with Crippen LogP contribution in [-0.4, -0.2) is 75.2 Å². The zero-order chi connectivity index (χ0) is 20.6. The van der Waals surface area contributed by atoms with Gasteiger partial charge in [0.1, 0.15) is 5.82 Å². The number of nitrogens with one attached hydrogen (secondary N) is 3. The van der Waals surface area contributed by atoms with Gasteiger partial charge in [-0.3, -0.25) is 14.7 Å². The van der Waals surface area contributed by atoms with Crippen LogP contribution in [0.1, 0.15) is 20.8 Å². The van der Waals surface area contributed by atoms with E-state index in [-0.39, 0.29) is 23.8 Å². The summed E-state index contributed by atoms with van der Waals surface area (Å²) in [7, 11) is 1.69. The molecule has 1 aromatic carbocycles. The summed E-state index contributed by atoms with van der Waals surface area (Å²) in [5, 5.41) is 9.19. The minimum Gasteiger partial charge on any atom is -0.369 e. The van der Waals surface area contributed by atoms with Gasteiger partial charge in [0.15, 0.2) is 5.96 Å². The Morgan fingerprint density at radius 2 is 1.75 bits per heavy atom. The van der Waals surface area contributed by atoms with Crippen LogP contribution in [0.4, 0.5) is 10.1 Å². The largest absolute Gasteiger partial charge is 0.369 e. The molecule has 1 aromatic rings. The minimum absolute atomic E-state index is 0.0626. The van der Waals surface area contributed by atoms with E-state index in [0.717, 1.165) is 45.0 Å². The van der Waals surface area contributed by atoms with Crippen molar-refractivity contribution in [2.75, 3.05) is 57.8 Å². The molecule has 8 heteroatoms. The van der Waals surface area contributed by atoms with Crippen molar-refractivity contribution in [3.8, 4) is 0 Å².